The number of benzene rings is 1. The Labute approximate surface area is 173 Å². The molecule has 29 heavy (non-hydrogen) atoms. The first kappa shape index (κ1) is 20.9. The average Bonchev–Trinajstić information content (AvgIpc) is 3.19. The number of hydrogen-bond acceptors (Lipinski definition) is 5. The second-order valence-electron chi connectivity index (χ2n) is 6.77. The Balaban J connectivity index is 1.88. The summed E-state index contributed by atoms with van der Waals surface area (Å²) in [6.07, 6.45) is 0. The van der Waals surface area contributed by atoms with E-state index in [-0.39, 0.29) is 24.6 Å². The molecule has 3 rings (SSSR count). The van der Waals surface area contributed by atoms with Gasteiger partial charge in [-0.25, -0.2) is 4.79 Å². The van der Waals surface area contributed by atoms with Crippen LogP contribution in [0, 0.1) is 6.92 Å². The Kier molecular flexibility index (Phi) is 6.22. The number of amides is 1. The van der Waals surface area contributed by atoms with Crippen molar-refractivity contribution in [3.05, 3.63) is 56.0 Å². The lowest BCUT2D eigenvalue weighted by Crippen LogP contribution is -2.40. The van der Waals surface area contributed by atoms with Gasteiger partial charge < -0.3 is 10.2 Å². The maximum absolute atomic E-state index is 12.7. The third-order valence-corrected chi connectivity index (χ3v) is 5.96. The average molecular weight is 415 g/mol. The van der Waals surface area contributed by atoms with E-state index in [2.05, 4.69) is 24.1 Å². The molecule has 1 amide bonds. The molecule has 0 spiro atoms. The van der Waals surface area contributed by atoms with Crippen molar-refractivity contribution in [2.24, 2.45) is 0 Å². The van der Waals surface area contributed by atoms with Gasteiger partial charge in [0.2, 0.25) is 5.91 Å². The molecule has 0 aliphatic heterocycles. The summed E-state index contributed by atoms with van der Waals surface area (Å²) in [6, 6.07) is 7.62. The first-order chi connectivity index (χ1) is 13.9. The first-order valence-electron chi connectivity index (χ1n) is 9.77. The smallest absolute Gasteiger partial charge is 0.331 e. The number of anilines is 2. The summed E-state index contributed by atoms with van der Waals surface area (Å²) in [6.45, 7) is 9.84. The minimum absolute atomic E-state index is 0.149. The molecular formula is C21H26N4O3S. The van der Waals surface area contributed by atoms with Crippen LogP contribution in [0.4, 0.5) is 11.4 Å². The normalized spacial score (nSPS) is 11.0. The van der Waals surface area contributed by atoms with Gasteiger partial charge in [0.05, 0.1) is 5.52 Å². The monoisotopic (exact) mass is 414 g/mol. The van der Waals surface area contributed by atoms with Crippen molar-refractivity contribution in [2.45, 2.75) is 40.8 Å². The third kappa shape index (κ3) is 3.98. The van der Waals surface area contributed by atoms with Crippen LogP contribution in [0.25, 0.3) is 10.2 Å². The van der Waals surface area contributed by atoms with Gasteiger partial charge in [0.1, 0.15) is 11.2 Å². The summed E-state index contributed by atoms with van der Waals surface area (Å²) >= 11 is 1.28. The van der Waals surface area contributed by atoms with Crippen molar-refractivity contribution >= 4 is 38.8 Å². The lowest BCUT2D eigenvalue weighted by molar-refractivity contribution is -0.116. The van der Waals surface area contributed by atoms with Crippen LogP contribution in [-0.2, 0) is 17.9 Å². The molecule has 0 aliphatic rings. The predicted octanol–water partition coefficient (Wildman–Crippen LogP) is 3.04. The quantitative estimate of drug-likeness (QED) is 0.645. The van der Waals surface area contributed by atoms with Crippen LogP contribution in [0.5, 0.6) is 0 Å². The fourth-order valence-corrected chi connectivity index (χ4v) is 4.31. The molecule has 3 aromatic rings. The molecule has 7 nitrogen and oxygen atoms in total. The Hall–Kier alpha value is -2.87. The third-order valence-electron chi connectivity index (χ3n) is 5.07. The van der Waals surface area contributed by atoms with E-state index in [1.807, 2.05) is 25.1 Å². The number of carbonyl (C=O) groups is 1. The van der Waals surface area contributed by atoms with Gasteiger partial charge in [-0.3, -0.25) is 18.7 Å². The topological polar surface area (TPSA) is 76.3 Å². The zero-order valence-corrected chi connectivity index (χ0v) is 18.0. The molecule has 2 heterocycles. The number of hydrogen-bond donors (Lipinski definition) is 1. The lowest BCUT2D eigenvalue weighted by Gasteiger charge is -2.22. The standard InChI is InChI=1S/C21H26N4O3S/c1-5-23(6-2)15-8-9-16(14(4)12-15)22-18(26)13-25-17-10-11-29-19(17)20(27)24(7-3)21(25)28/h8-12H,5-7,13H2,1-4H3,(H,22,26). The van der Waals surface area contributed by atoms with E-state index < -0.39 is 5.69 Å². The van der Waals surface area contributed by atoms with E-state index in [0.29, 0.717) is 15.9 Å². The predicted molar refractivity (Wildman–Crippen MR) is 119 cm³/mol. The van der Waals surface area contributed by atoms with Crippen LogP contribution in [0.2, 0.25) is 0 Å². The molecule has 0 atom stereocenters. The summed E-state index contributed by atoms with van der Waals surface area (Å²) in [7, 11) is 0. The van der Waals surface area contributed by atoms with E-state index in [1.165, 1.54) is 15.9 Å². The molecule has 0 bridgehead atoms. The summed E-state index contributed by atoms with van der Waals surface area (Å²) in [5.41, 5.74) is 2.50. The van der Waals surface area contributed by atoms with Crippen LogP contribution in [0.15, 0.2) is 39.2 Å². The van der Waals surface area contributed by atoms with Crippen molar-refractivity contribution in [3.8, 4) is 0 Å². The first-order valence-corrected chi connectivity index (χ1v) is 10.6. The highest BCUT2D eigenvalue weighted by Crippen LogP contribution is 2.23. The van der Waals surface area contributed by atoms with Crippen LogP contribution < -0.4 is 21.5 Å². The highest BCUT2D eigenvalue weighted by Gasteiger charge is 2.16. The molecule has 8 heteroatoms. The number of nitrogens with zero attached hydrogens (tertiary/aromatic N) is 3. The highest BCUT2D eigenvalue weighted by molar-refractivity contribution is 7.17. The number of carbonyl (C=O) groups excluding carboxylic acids is 1. The van der Waals surface area contributed by atoms with Gasteiger partial charge in [0, 0.05) is 31.0 Å². The van der Waals surface area contributed by atoms with Crippen molar-refractivity contribution in [1.29, 1.82) is 0 Å². The minimum Gasteiger partial charge on any atom is -0.372 e. The number of rotatable bonds is 7. The van der Waals surface area contributed by atoms with Gasteiger partial charge >= 0.3 is 5.69 Å². The Morgan fingerprint density at radius 3 is 2.45 bits per heavy atom. The van der Waals surface area contributed by atoms with Crippen molar-refractivity contribution in [1.82, 2.24) is 9.13 Å². The van der Waals surface area contributed by atoms with Gasteiger partial charge in [0.15, 0.2) is 0 Å². The minimum atomic E-state index is -0.466. The van der Waals surface area contributed by atoms with Gasteiger partial charge in [0.25, 0.3) is 5.56 Å². The number of aryl methyl sites for hydroxylation is 1. The zero-order valence-electron chi connectivity index (χ0n) is 17.2. The molecule has 0 saturated heterocycles. The van der Waals surface area contributed by atoms with Gasteiger partial charge in [-0.1, -0.05) is 0 Å². The summed E-state index contributed by atoms with van der Waals surface area (Å²) in [5, 5.41) is 4.66. The van der Waals surface area contributed by atoms with Crippen LogP contribution in [0.1, 0.15) is 26.3 Å². The fourth-order valence-electron chi connectivity index (χ4n) is 3.47. The van der Waals surface area contributed by atoms with Crippen LogP contribution in [0.3, 0.4) is 0 Å². The molecule has 0 radical (unpaired) electrons. The molecule has 0 aliphatic carbocycles. The van der Waals surface area contributed by atoms with Gasteiger partial charge in [-0.2, -0.15) is 0 Å². The largest absolute Gasteiger partial charge is 0.372 e. The molecule has 2 aromatic heterocycles. The lowest BCUT2D eigenvalue weighted by atomic mass is 10.1. The second-order valence-corrected chi connectivity index (χ2v) is 7.69. The highest BCUT2D eigenvalue weighted by atomic mass is 32.1. The van der Waals surface area contributed by atoms with E-state index in [0.717, 1.165) is 28.9 Å². The second kappa shape index (κ2) is 8.65. The zero-order chi connectivity index (χ0) is 21.1. The molecule has 0 unspecified atom stereocenters. The maximum Gasteiger partial charge on any atom is 0.331 e. The van der Waals surface area contributed by atoms with Gasteiger partial charge in [-0.05, 0) is 62.9 Å². The molecule has 0 fully saturated rings. The Morgan fingerprint density at radius 2 is 1.83 bits per heavy atom. The van der Waals surface area contributed by atoms with Crippen LogP contribution >= 0.6 is 11.3 Å². The SMILES string of the molecule is CCN(CC)c1ccc(NC(=O)Cn2c(=O)n(CC)c(=O)c3sccc32)c(C)c1. The number of nitrogens with one attached hydrogen (secondary N) is 1. The Morgan fingerprint density at radius 1 is 1.10 bits per heavy atom. The summed E-state index contributed by atoms with van der Waals surface area (Å²) in [4.78, 5) is 40.1. The van der Waals surface area contributed by atoms with Gasteiger partial charge in [-0.15, -0.1) is 11.3 Å². The van der Waals surface area contributed by atoms with E-state index in [1.54, 1.807) is 18.4 Å². The summed E-state index contributed by atoms with van der Waals surface area (Å²) < 4.78 is 3.01. The number of fused-ring (bicyclic) bond motifs is 1. The fraction of sp³-hybridized carbons (Fsp3) is 0.381. The van der Waals surface area contributed by atoms with Crippen molar-refractivity contribution < 1.29 is 4.79 Å². The molecule has 0 saturated carbocycles. The van der Waals surface area contributed by atoms with E-state index in [9.17, 15) is 14.4 Å². The maximum atomic E-state index is 12.7. The van der Waals surface area contributed by atoms with E-state index in [4.69, 9.17) is 0 Å². The van der Waals surface area contributed by atoms with Crippen LogP contribution in [-0.4, -0.2) is 28.1 Å². The number of thiophene rings is 1. The molecule has 154 valence electrons. The van der Waals surface area contributed by atoms with Crippen molar-refractivity contribution in [3.63, 3.8) is 0 Å². The number of aromatic nitrogens is 2. The van der Waals surface area contributed by atoms with E-state index >= 15 is 0 Å². The molecule has 1 aromatic carbocycles. The molecular weight excluding hydrogens is 388 g/mol. The van der Waals surface area contributed by atoms with Crippen molar-refractivity contribution in [2.75, 3.05) is 23.3 Å². The Bertz CT molecular complexity index is 1150. The summed E-state index contributed by atoms with van der Waals surface area (Å²) in [5.74, 6) is -0.306. The molecule has 1 N–H and O–H groups in total.